The summed E-state index contributed by atoms with van der Waals surface area (Å²) in [5.74, 6) is 1.80. The molecule has 2 aliphatic rings. The van der Waals surface area contributed by atoms with Gasteiger partial charge in [0.15, 0.2) is 5.96 Å². The fourth-order valence-corrected chi connectivity index (χ4v) is 4.74. The van der Waals surface area contributed by atoms with Crippen molar-refractivity contribution in [3.05, 3.63) is 60.2 Å². The highest BCUT2D eigenvalue weighted by molar-refractivity contribution is 5.80. The van der Waals surface area contributed by atoms with E-state index in [1.54, 1.807) is 7.11 Å². The van der Waals surface area contributed by atoms with Crippen molar-refractivity contribution in [1.82, 2.24) is 10.6 Å². The summed E-state index contributed by atoms with van der Waals surface area (Å²) in [5.41, 5.74) is 2.61. The molecule has 172 valence electrons. The van der Waals surface area contributed by atoms with E-state index in [4.69, 9.17) is 14.5 Å². The number of ether oxygens (including phenoxy) is 2. The summed E-state index contributed by atoms with van der Waals surface area (Å²) in [7, 11) is 1.71. The largest absolute Gasteiger partial charge is 0.497 e. The number of anilines is 1. The first-order chi connectivity index (χ1) is 15.7. The molecule has 2 fully saturated rings. The molecule has 6 nitrogen and oxygen atoms in total. The average Bonchev–Trinajstić information content (AvgIpc) is 3.32. The maximum absolute atomic E-state index is 5.70. The Morgan fingerprint density at radius 3 is 2.56 bits per heavy atom. The second-order valence-corrected chi connectivity index (χ2v) is 8.73. The molecular formula is C26H36N4O2. The zero-order valence-electron chi connectivity index (χ0n) is 19.3. The maximum atomic E-state index is 5.70. The zero-order valence-corrected chi connectivity index (χ0v) is 19.3. The number of nitrogens with one attached hydrogen (secondary N) is 2. The molecule has 2 N–H and O–H groups in total. The van der Waals surface area contributed by atoms with Crippen molar-refractivity contribution < 1.29 is 9.47 Å². The maximum Gasteiger partial charge on any atom is 0.191 e. The predicted octanol–water partition coefficient (Wildman–Crippen LogP) is 3.58. The number of aliphatic imine (C=N–C) groups is 1. The summed E-state index contributed by atoms with van der Waals surface area (Å²) < 4.78 is 11.1. The molecule has 0 aromatic heterocycles. The third-order valence-corrected chi connectivity index (χ3v) is 6.69. The summed E-state index contributed by atoms with van der Waals surface area (Å²) >= 11 is 0. The van der Waals surface area contributed by atoms with Crippen LogP contribution in [0.25, 0.3) is 0 Å². The van der Waals surface area contributed by atoms with Crippen LogP contribution in [0.5, 0.6) is 5.75 Å². The molecule has 6 heteroatoms. The molecule has 1 atom stereocenters. The van der Waals surface area contributed by atoms with Crippen LogP contribution in [0.2, 0.25) is 0 Å². The van der Waals surface area contributed by atoms with Crippen LogP contribution in [0.1, 0.15) is 31.7 Å². The Bertz CT molecular complexity index is 863. The van der Waals surface area contributed by atoms with Gasteiger partial charge >= 0.3 is 0 Å². The third kappa shape index (κ3) is 5.36. The molecule has 2 heterocycles. The molecule has 4 rings (SSSR count). The lowest BCUT2D eigenvalue weighted by Crippen LogP contribution is -2.46. The van der Waals surface area contributed by atoms with Gasteiger partial charge in [0, 0.05) is 50.0 Å². The van der Waals surface area contributed by atoms with E-state index in [1.807, 2.05) is 0 Å². The summed E-state index contributed by atoms with van der Waals surface area (Å²) in [4.78, 5) is 7.52. The van der Waals surface area contributed by atoms with E-state index in [0.717, 1.165) is 70.4 Å². The average molecular weight is 437 g/mol. The second-order valence-electron chi connectivity index (χ2n) is 8.73. The third-order valence-electron chi connectivity index (χ3n) is 6.69. The highest BCUT2D eigenvalue weighted by Crippen LogP contribution is 2.36. The standard InChI is InChI=1S/C26H36N4O2/c1-3-27-25(29-22-13-16-30(19-22)23-7-5-4-6-8-23)28-20-26(14-17-32-18-15-26)21-9-11-24(31-2)12-10-21/h4-12,22H,3,13-20H2,1-2H3,(H2,27,28,29). The zero-order chi connectivity index (χ0) is 22.2. The highest BCUT2D eigenvalue weighted by Gasteiger charge is 2.34. The van der Waals surface area contributed by atoms with Gasteiger partial charge in [-0.2, -0.15) is 0 Å². The Balaban J connectivity index is 1.45. The van der Waals surface area contributed by atoms with Crippen molar-refractivity contribution in [2.24, 2.45) is 4.99 Å². The molecule has 2 saturated heterocycles. The second kappa shape index (κ2) is 10.7. The molecule has 0 aliphatic carbocycles. The topological polar surface area (TPSA) is 58.1 Å². The summed E-state index contributed by atoms with van der Waals surface area (Å²) in [5, 5.41) is 7.15. The van der Waals surface area contributed by atoms with Gasteiger partial charge in [0.2, 0.25) is 0 Å². The van der Waals surface area contributed by atoms with Crippen LogP contribution in [0.4, 0.5) is 5.69 Å². The molecule has 1 unspecified atom stereocenters. The lowest BCUT2D eigenvalue weighted by atomic mass is 9.74. The molecule has 2 aromatic carbocycles. The molecule has 0 saturated carbocycles. The highest BCUT2D eigenvalue weighted by atomic mass is 16.5. The van der Waals surface area contributed by atoms with Crippen molar-refractivity contribution in [3.63, 3.8) is 0 Å². The van der Waals surface area contributed by atoms with Crippen molar-refractivity contribution in [1.29, 1.82) is 0 Å². The monoisotopic (exact) mass is 436 g/mol. The van der Waals surface area contributed by atoms with Crippen LogP contribution in [0.15, 0.2) is 59.6 Å². The first-order valence-corrected chi connectivity index (χ1v) is 11.8. The van der Waals surface area contributed by atoms with Gasteiger partial charge in [-0.25, -0.2) is 0 Å². The number of benzene rings is 2. The smallest absolute Gasteiger partial charge is 0.191 e. The van der Waals surface area contributed by atoms with Gasteiger partial charge in [0.25, 0.3) is 0 Å². The molecule has 2 aliphatic heterocycles. The fraction of sp³-hybridized carbons (Fsp3) is 0.500. The molecular weight excluding hydrogens is 400 g/mol. The minimum Gasteiger partial charge on any atom is -0.497 e. The van der Waals surface area contributed by atoms with E-state index in [1.165, 1.54) is 11.3 Å². The Morgan fingerprint density at radius 1 is 1.12 bits per heavy atom. The first kappa shape index (κ1) is 22.5. The number of nitrogens with zero attached hydrogens (tertiary/aromatic N) is 2. The van der Waals surface area contributed by atoms with Crippen molar-refractivity contribution in [2.75, 3.05) is 51.4 Å². The van der Waals surface area contributed by atoms with Gasteiger partial charge < -0.3 is 25.0 Å². The molecule has 0 spiro atoms. The lowest BCUT2D eigenvalue weighted by molar-refractivity contribution is 0.0531. The van der Waals surface area contributed by atoms with Crippen LogP contribution in [-0.4, -0.2) is 58.5 Å². The SMILES string of the molecule is CCNC(=NCC1(c2ccc(OC)cc2)CCOCC1)NC1CCN(c2ccccc2)C1. The van der Waals surface area contributed by atoms with Crippen molar-refractivity contribution >= 4 is 11.6 Å². The summed E-state index contributed by atoms with van der Waals surface area (Å²) in [6.07, 6.45) is 3.07. The fourth-order valence-electron chi connectivity index (χ4n) is 4.74. The number of rotatable bonds is 7. The Hall–Kier alpha value is -2.73. The summed E-state index contributed by atoms with van der Waals surface area (Å²) in [6.45, 7) is 7.32. The Kier molecular flexibility index (Phi) is 7.53. The van der Waals surface area contributed by atoms with E-state index in [-0.39, 0.29) is 5.41 Å². The van der Waals surface area contributed by atoms with Crippen molar-refractivity contribution in [3.8, 4) is 5.75 Å². The number of hydrogen-bond donors (Lipinski definition) is 2. The lowest BCUT2D eigenvalue weighted by Gasteiger charge is -2.37. The predicted molar refractivity (Wildman–Crippen MR) is 131 cm³/mol. The van der Waals surface area contributed by atoms with Crippen LogP contribution in [0, 0.1) is 0 Å². The van der Waals surface area contributed by atoms with Crippen LogP contribution < -0.4 is 20.3 Å². The normalized spacial score (nSPS) is 20.8. The number of methoxy groups -OCH3 is 1. The quantitative estimate of drug-likeness (QED) is 0.513. The van der Waals surface area contributed by atoms with Gasteiger partial charge in [0.1, 0.15) is 5.75 Å². The van der Waals surface area contributed by atoms with Crippen LogP contribution >= 0.6 is 0 Å². The molecule has 0 bridgehead atoms. The van der Waals surface area contributed by atoms with Crippen molar-refractivity contribution in [2.45, 2.75) is 37.6 Å². The number of para-hydroxylation sites is 1. The Morgan fingerprint density at radius 2 is 1.88 bits per heavy atom. The number of guanidine groups is 1. The van der Waals surface area contributed by atoms with E-state index < -0.39 is 0 Å². The van der Waals surface area contributed by atoms with E-state index >= 15 is 0 Å². The minimum absolute atomic E-state index is 0.00137. The minimum atomic E-state index is -0.00137. The number of hydrogen-bond acceptors (Lipinski definition) is 4. The first-order valence-electron chi connectivity index (χ1n) is 11.8. The van der Waals surface area contributed by atoms with Gasteiger partial charge in [0.05, 0.1) is 13.7 Å². The molecule has 0 amide bonds. The van der Waals surface area contributed by atoms with Gasteiger partial charge in [-0.3, -0.25) is 4.99 Å². The van der Waals surface area contributed by atoms with E-state index in [2.05, 4.69) is 77.1 Å². The Labute approximate surface area is 192 Å². The van der Waals surface area contributed by atoms with Crippen LogP contribution in [0.3, 0.4) is 0 Å². The molecule has 2 aromatic rings. The molecule has 32 heavy (non-hydrogen) atoms. The summed E-state index contributed by atoms with van der Waals surface area (Å²) in [6, 6.07) is 19.5. The van der Waals surface area contributed by atoms with Gasteiger partial charge in [-0.15, -0.1) is 0 Å². The van der Waals surface area contributed by atoms with Gasteiger partial charge in [-0.05, 0) is 56.0 Å². The van der Waals surface area contributed by atoms with E-state index in [9.17, 15) is 0 Å². The molecule has 0 radical (unpaired) electrons. The van der Waals surface area contributed by atoms with Crippen LogP contribution in [-0.2, 0) is 10.2 Å². The van der Waals surface area contributed by atoms with Gasteiger partial charge in [-0.1, -0.05) is 30.3 Å². The van der Waals surface area contributed by atoms with E-state index in [0.29, 0.717) is 6.04 Å².